The van der Waals surface area contributed by atoms with E-state index >= 15 is 0 Å². The van der Waals surface area contributed by atoms with Gasteiger partial charge in [0.1, 0.15) is 0 Å². The number of hydrogen-bond acceptors (Lipinski definition) is 3. The summed E-state index contributed by atoms with van der Waals surface area (Å²) in [6.07, 6.45) is 0. The molecule has 1 aliphatic heterocycles. The van der Waals surface area contributed by atoms with E-state index in [0.29, 0.717) is 32.7 Å². The van der Waals surface area contributed by atoms with Gasteiger partial charge in [-0.1, -0.05) is 0 Å². The van der Waals surface area contributed by atoms with Gasteiger partial charge in [0.05, 0.1) is 12.2 Å². The van der Waals surface area contributed by atoms with Crippen LogP contribution in [0.4, 0.5) is 8.78 Å². The number of nitrogens with zero attached hydrogens (tertiary/aromatic N) is 2. The molecule has 1 saturated heterocycles. The molecule has 1 aromatic rings. The molecular weight excluding hydrogens is 334 g/mol. The molecule has 0 radical (unpaired) electrons. The lowest BCUT2D eigenvalue weighted by Gasteiger charge is -2.34. The lowest BCUT2D eigenvalue weighted by molar-refractivity contribution is 0.0613. The highest BCUT2D eigenvalue weighted by Gasteiger charge is 2.24. The fourth-order valence-corrected chi connectivity index (χ4v) is 2.66. The minimum absolute atomic E-state index is 0.0860. The van der Waals surface area contributed by atoms with Crippen molar-refractivity contribution in [2.24, 2.45) is 0 Å². The molecule has 20 heavy (non-hydrogen) atoms. The van der Waals surface area contributed by atoms with Crippen LogP contribution in [0.15, 0.2) is 16.6 Å². The molecule has 1 amide bonds. The quantitative estimate of drug-likeness (QED) is 0.841. The van der Waals surface area contributed by atoms with E-state index in [1.165, 1.54) is 0 Å². The SMILES string of the molecule is O=C(c1cc(F)c(F)cc1Br)N1CCN(CCO)CC1. The Balaban J connectivity index is 2.07. The fourth-order valence-electron chi connectivity index (χ4n) is 2.17. The molecule has 0 atom stereocenters. The van der Waals surface area contributed by atoms with Gasteiger partial charge in [-0.25, -0.2) is 8.78 Å². The third-order valence-corrected chi connectivity index (χ3v) is 3.97. The minimum Gasteiger partial charge on any atom is -0.395 e. The van der Waals surface area contributed by atoms with Gasteiger partial charge in [-0.3, -0.25) is 9.69 Å². The molecule has 0 aliphatic carbocycles. The number of hydrogen-bond donors (Lipinski definition) is 1. The zero-order valence-corrected chi connectivity index (χ0v) is 12.4. The van der Waals surface area contributed by atoms with E-state index in [-0.39, 0.29) is 22.6 Å². The van der Waals surface area contributed by atoms with Crippen molar-refractivity contribution in [3.8, 4) is 0 Å². The number of rotatable bonds is 3. The summed E-state index contributed by atoms with van der Waals surface area (Å²) in [7, 11) is 0. The van der Waals surface area contributed by atoms with Crippen LogP contribution in [-0.2, 0) is 0 Å². The Morgan fingerprint density at radius 3 is 2.40 bits per heavy atom. The number of carbonyl (C=O) groups is 1. The normalized spacial score (nSPS) is 16.5. The first-order valence-electron chi connectivity index (χ1n) is 6.30. The summed E-state index contributed by atoms with van der Waals surface area (Å²) < 4.78 is 26.5. The summed E-state index contributed by atoms with van der Waals surface area (Å²) in [6, 6.07) is 1.88. The molecule has 0 aromatic heterocycles. The van der Waals surface area contributed by atoms with E-state index in [4.69, 9.17) is 5.11 Å². The third-order valence-electron chi connectivity index (χ3n) is 3.32. The molecule has 110 valence electrons. The molecule has 0 spiro atoms. The number of piperazine rings is 1. The highest BCUT2D eigenvalue weighted by molar-refractivity contribution is 9.10. The van der Waals surface area contributed by atoms with Crippen LogP contribution in [0.1, 0.15) is 10.4 Å². The minimum atomic E-state index is -1.03. The monoisotopic (exact) mass is 348 g/mol. The van der Waals surface area contributed by atoms with Gasteiger partial charge in [0, 0.05) is 37.2 Å². The molecule has 1 aliphatic rings. The van der Waals surface area contributed by atoms with E-state index < -0.39 is 11.6 Å². The van der Waals surface area contributed by atoms with Crippen LogP contribution in [0, 0.1) is 11.6 Å². The van der Waals surface area contributed by atoms with Gasteiger partial charge in [0.2, 0.25) is 0 Å². The predicted molar refractivity (Wildman–Crippen MR) is 73.5 cm³/mol. The molecule has 1 heterocycles. The summed E-state index contributed by atoms with van der Waals surface area (Å²) in [5, 5.41) is 8.86. The summed E-state index contributed by atoms with van der Waals surface area (Å²) in [6.45, 7) is 3.00. The topological polar surface area (TPSA) is 43.8 Å². The Labute approximate surface area is 124 Å². The second-order valence-electron chi connectivity index (χ2n) is 4.60. The van der Waals surface area contributed by atoms with Gasteiger partial charge in [0.25, 0.3) is 5.91 Å². The first kappa shape index (κ1) is 15.3. The van der Waals surface area contributed by atoms with E-state index in [1.54, 1.807) is 4.90 Å². The molecule has 1 fully saturated rings. The number of halogens is 3. The van der Waals surface area contributed by atoms with Gasteiger partial charge in [-0.2, -0.15) is 0 Å². The third kappa shape index (κ3) is 3.34. The van der Waals surface area contributed by atoms with Crippen molar-refractivity contribution in [3.05, 3.63) is 33.8 Å². The molecule has 0 unspecified atom stereocenters. The van der Waals surface area contributed by atoms with Crippen LogP contribution in [-0.4, -0.2) is 60.1 Å². The first-order chi connectivity index (χ1) is 9.52. The van der Waals surface area contributed by atoms with E-state index in [9.17, 15) is 13.6 Å². The maximum absolute atomic E-state index is 13.2. The molecule has 0 saturated carbocycles. The second kappa shape index (κ2) is 6.60. The Hall–Kier alpha value is -1.05. The maximum atomic E-state index is 13.2. The lowest BCUT2D eigenvalue weighted by atomic mass is 10.1. The van der Waals surface area contributed by atoms with Crippen LogP contribution < -0.4 is 0 Å². The molecule has 0 bridgehead atoms. The molecule has 1 aromatic carbocycles. The van der Waals surface area contributed by atoms with Crippen molar-refractivity contribution in [2.45, 2.75) is 0 Å². The average molecular weight is 349 g/mol. The smallest absolute Gasteiger partial charge is 0.255 e. The number of carbonyl (C=O) groups excluding carboxylic acids is 1. The Bertz CT molecular complexity index is 505. The van der Waals surface area contributed by atoms with Gasteiger partial charge in [0.15, 0.2) is 11.6 Å². The summed E-state index contributed by atoms with van der Waals surface area (Å²) in [5.74, 6) is -2.34. The van der Waals surface area contributed by atoms with E-state index in [2.05, 4.69) is 15.9 Å². The summed E-state index contributed by atoms with van der Waals surface area (Å²) >= 11 is 3.09. The van der Waals surface area contributed by atoms with Crippen molar-refractivity contribution in [1.82, 2.24) is 9.80 Å². The fraction of sp³-hybridized carbons (Fsp3) is 0.462. The largest absolute Gasteiger partial charge is 0.395 e. The predicted octanol–water partition coefficient (Wildman–Crippen LogP) is 1.48. The van der Waals surface area contributed by atoms with Crippen LogP contribution >= 0.6 is 15.9 Å². The Morgan fingerprint density at radius 1 is 1.20 bits per heavy atom. The first-order valence-corrected chi connectivity index (χ1v) is 7.09. The van der Waals surface area contributed by atoms with Crippen LogP contribution in [0.3, 0.4) is 0 Å². The van der Waals surface area contributed by atoms with Crippen molar-refractivity contribution in [2.75, 3.05) is 39.3 Å². The number of aliphatic hydroxyl groups is 1. The standard InChI is InChI=1S/C13H15BrF2N2O2/c14-10-8-12(16)11(15)7-9(10)13(20)18-3-1-17(2-4-18)5-6-19/h7-8,19H,1-6H2. The molecular formula is C13H15BrF2N2O2. The number of aliphatic hydroxyl groups excluding tert-OH is 1. The number of β-amino-alcohol motifs (C(OH)–C–C–N with tert-alkyl or cyclic N) is 1. The zero-order chi connectivity index (χ0) is 14.7. The highest BCUT2D eigenvalue weighted by Crippen LogP contribution is 2.22. The van der Waals surface area contributed by atoms with Gasteiger partial charge in [-0.15, -0.1) is 0 Å². The average Bonchev–Trinajstić information content (AvgIpc) is 2.43. The van der Waals surface area contributed by atoms with Crippen molar-refractivity contribution in [1.29, 1.82) is 0 Å². The van der Waals surface area contributed by atoms with E-state index in [1.807, 2.05) is 4.90 Å². The van der Waals surface area contributed by atoms with Gasteiger partial charge >= 0.3 is 0 Å². The molecule has 7 heteroatoms. The Morgan fingerprint density at radius 2 is 1.80 bits per heavy atom. The lowest BCUT2D eigenvalue weighted by Crippen LogP contribution is -2.49. The maximum Gasteiger partial charge on any atom is 0.255 e. The number of benzene rings is 1. The highest BCUT2D eigenvalue weighted by atomic mass is 79.9. The van der Waals surface area contributed by atoms with Crippen molar-refractivity contribution < 1.29 is 18.7 Å². The van der Waals surface area contributed by atoms with Crippen LogP contribution in [0.2, 0.25) is 0 Å². The van der Waals surface area contributed by atoms with Crippen LogP contribution in [0.25, 0.3) is 0 Å². The second-order valence-corrected chi connectivity index (χ2v) is 5.46. The van der Waals surface area contributed by atoms with Crippen molar-refractivity contribution >= 4 is 21.8 Å². The van der Waals surface area contributed by atoms with Gasteiger partial charge in [-0.05, 0) is 28.1 Å². The molecule has 1 N–H and O–H groups in total. The zero-order valence-electron chi connectivity index (χ0n) is 10.8. The summed E-state index contributed by atoms with van der Waals surface area (Å²) in [4.78, 5) is 15.9. The number of amides is 1. The summed E-state index contributed by atoms with van der Waals surface area (Å²) in [5.41, 5.74) is 0.125. The van der Waals surface area contributed by atoms with Crippen LogP contribution in [0.5, 0.6) is 0 Å². The molecule has 4 nitrogen and oxygen atoms in total. The van der Waals surface area contributed by atoms with Crippen molar-refractivity contribution in [3.63, 3.8) is 0 Å². The van der Waals surface area contributed by atoms with Gasteiger partial charge < -0.3 is 10.0 Å². The molecule has 2 rings (SSSR count). The van der Waals surface area contributed by atoms with E-state index in [0.717, 1.165) is 12.1 Å². The Kier molecular flexibility index (Phi) is 5.06.